The molecule has 0 atom stereocenters. The highest BCUT2D eigenvalue weighted by atomic mass is 16.3. The number of carbonyl (C=O) groups excluding carboxylic acids is 1. The summed E-state index contributed by atoms with van der Waals surface area (Å²) in [4.78, 5) is 21.6. The summed E-state index contributed by atoms with van der Waals surface area (Å²) in [6, 6.07) is 16.5. The number of ketones is 1. The Morgan fingerprint density at radius 3 is 2.43 bits per heavy atom. The van der Waals surface area contributed by atoms with Crippen molar-refractivity contribution in [2.75, 3.05) is 5.73 Å². The average molecular weight is 399 g/mol. The minimum atomic E-state index is -0.672. The zero-order chi connectivity index (χ0) is 20.9. The summed E-state index contributed by atoms with van der Waals surface area (Å²) in [5.41, 5.74) is 8.88. The molecule has 3 N–H and O–H groups in total. The van der Waals surface area contributed by atoms with Crippen molar-refractivity contribution in [2.24, 2.45) is 0 Å². The van der Waals surface area contributed by atoms with E-state index in [2.05, 4.69) is 10.1 Å². The second kappa shape index (κ2) is 6.74. The maximum absolute atomic E-state index is 12.7. The number of imidazole rings is 1. The maximum Gasteiger partial charge on any atom is 0.193 e. The van der Waals surface area contributed by atoms with Crippen LogP contribution in [-0.4, -0.2) is 36.1 Å². The van der Waals surface area contributed by atoms with Crippen molar-refractivity contribution in [3.8, 4) is 11.3 Å². The fourth-order valence-corrected chi connectivity index (χ4v) is 4.16. The molecule has 7 heteroatoms. The normalized spacial score (nSPS) is 20.8. The fourth-order valence-electron chi connectivity index (χ4n) is 4.16. The lowest BCUT2D eigenvalue weighted by Crippen LogP contribution is -2.40. The number of nitrogens with zero attached hydrogens (tertiary/aromatic N) is 4. The molecule has 0 bridgehead atoms. The first-order valence-electron chi connectivity index (χ1n) is 9.85. The van der Waals surface area contributed by atoms with E-state index in [1.165, 1.54) is 6.33 Å². The Kier molecular flexibility index (Phi) is 4.15. The molecule has 2 aromatic heterocycles. The van der Waals surface area contributed by atoms with Crippen molar-refractivity contribution in [1.82, 2.24) is 19.6 Å². The number of aromatic nitrogens is 4. The third-order valence-electron chi connectivity index (χ3n) is 5.68. The van der Waals surface area contributed by atoms with Gasteiger partial charge in [0.15, 0.2) is 11.6 Å². The number of benzene rings is 2. The molecule has 4 aromatic rings. The Morgan fingerprint density at radius 2 is 1.77 bits per heavy atom. The van der Waals surface area contributed by atoms with Gasteiger partial charge in [-0.1, -0.05) is 54.6 Å². The molecule has 2 heterocycles. The SMILES string of the molecule is C[C@]1(O)C[C@H](c2nc(-c3ccc(C(=O)c4ccccc4)cc3)c3c(N)ncnn32)C1. The summed E-state index contributed by atoms with van der Waals surface area (Å²) in [6.07, 6.45) is 2.66. The van der Waals surface area contributed by atoms with Gasteiger partial charge in [-0.2, -0.15) is 5.10 Å². The number of hydrogen-bond donors (Lipinski definition) is 2. The zero-order valence-corrected chi connectivity index (χ0v) is 16.5. The zero-order valence-electron chi connectivity index (χ0n) is 16.5. The lowest BCUT2D eigenvalue weighted by Gasteiger charge is -2.39. The molecule has 1 aliphatic rings. The molecule has 0 radical (unpaired) electrons. The summed E-state index contributed by atoms with van der Waals surface area (Å²) in [6.45, 7) is 1.83. The van der Waals surface area contributed by atoms with Crippen molar-refractivity contribution in [2.45, 2.75) is 31.3 Å². The third-order valence-corrected chi connectivity index (χ3v) is 5.68. The van der Waals surface area contributed by atoms with Gasteiger partial charge in [0.2, 0.25) is 0 Å². The van der Waals surface area contributed by atoms with Crippen LogP contribution in [0.2, 0.25) is 0 Å². The summed E-state index contributed by atoms with van der Waals surface area (Å²) in [7, 11) is 0. The van der Waals surface area contributed by atoms with E-state index in [0.717, 1.165) is 11.4 Å². The van der Waals surface area contributed by atoms with E-state index in [-0.39, 0.29) is 11.7 Å². The third kappa shape index (κ3) is 3.04. The number of aliphatic hydroxyl groups is 1. The summed E-state index contributed by atoms with van der Waals surface area (Å²) in [5, 5.41) is 14.5. The van der Waals surface area contributed by atoms with Gasteiger partial charge in [0.25, 0.3) is 0 Å². The van der Waals surface area contributed by atoms with E-state index in [1.807, 2.05) is 37.3 Å². The largest absolute Gasteiger partial charge is 0.390 e. The highest BCUT2D eigenvalue weighted by Gasteiger charge is 2.42. The van der Waals surface area contributed by atoms with Crippen molar-refractivity contribution in [3.05, 3.63) is 77.9 Å². The lowest BCUT2D eigenvalue weighted by atomic mass is 9.72. The lowest BCUT2D eigenvalue weighted by molar-refractivity contribution is -0.0337. The van der Waals surface area contributed by atoms with Crippen molar-refractivity contribution in [3.63, 3.8) is 0 Å². The standard InChI is InChI=1S/C23H21N5O2/c1-23(30)11-17(12-23)22-27-18(19-21(24)25-13-26-28(19)22)14-7-9-16(10-8-14)20(29)15-5-3-2-4-6-15/h2-10,13,17,30H,11-12H2,1H3,(H2,24,25,26)/t17-,23-. The van der Waals surface area contributed by atoms with Gasteiger partial charge in [-0.05, 0) is 19.8 Å². The first kappa shape index (κ1) is 18.4. The van der Waals surface area contributed by atoms with Crippen LogP contribution in [0.3, 0.4) is 0 Å². The number of carbonyl (C=O) groups is 1. The molecule has 30 heavy (non-hydrogen) atoms. The van der Waals surface area contributed by atoms with Gasteiger partial charge in [0.1, 0.15) is 23.4 Å². The second-order valence-electron chi connectivity index (χ2n) is 8.10. The Balaban J connectivity index is 1.54. The molecule has 1 fully saturated rings. The van der Waals surface area contributed by atoms with Crippen LogP contribution < -0.4 is 5.73 Å². The summed E-state index contributed by atoms with van der Waals surface area (Å²) >= 11 is 0. The van der Waals surface area contributed by atoms with Gasteiger partial charge in [-0.25, -0.2) is 14.5 Å². The molecule has 150 valence electrons. The highest BCUT2D eigenvalue weighted by Crippen LogP contribution is 2.45. The molecule has 0 unspecified atom stereocenters. The van der Waals surface area contributed by atoms with Gasteiger partial charge in [0.05, 0.1) is 5.60 Å². The van der Waals surface area contributed by atoms with Gasteiger partial charge < -0.3 is 10.8 Å². The van der Waals surface area contributed by atoms with Crippen molar-refractivity contribution < 1.29 is 9.90 Å². The monoisotopic (exact) mass is 399 g/mol. The van der Waals surface area contributed by atoms with Crippen LogP contribution in [0.1, 0.15) is 47.4 Å². The predicted octanol–water partition coefficient (Wildman–Crippen LogP) is 3.23. The fraction of sp³-hybridized carbons (Fsp3) is 0.217. The molecule has 1 saturated carbocycles. The maximum atomic E-state index is 12.7. The first-order valence-corrected chi connectivity index (χ1v) is 9.85. The summed E-state index contributed by atoms with van der Waals surface area (Å²) < 4.78 is 1.72. The van der Waals surface area contributed by atoms with Gasteiger partial charge in [-0.15, -0.1) is 0 Å². The minimum Gasteiger partial charge on any atom is -0.390 e. The van der Waals surface area contributed by atoms with Crippen molar-refractivity contribution in [1.29, 1.82) is 0 Å². The quantitative estimate of drug-likeness (QED) is 0.510. The Morgan fingerprint density at radius 1 is 1.10 bits per heavy atom. The Bertz CT molecular complexity index is 1240. The van der Waals surface area contributed by atoms with E-state index >= 15 is 0 Å². The molecule has 1 aliphatic carbocycles. The van der Waals surface area contributed by atoms with Crippen LogP contribution in [0.15, 0.2) is 60.9 Å². The molecule has 0 aliphatic heterocycles. The molecule has 2 aromatic carbocycles. The molecular formula is C23H21N5O2. The number of nitrogens with two attached hydrogens (primary N) is 1. The molecule has 7 nitrogen and oxygen atoms in total. The minimum absolute atomic E-state index is 0.0305. The molecule has 0 amide bonds. The van der Waals surface area contributed by atoms with Crippen LogP contribution in [-0.2, 0) is 0 Å². The predicted molar refractivity (Wildman–Crippen MR) is 113 cm³/mol. The number of anilines is 1. The van der Waals surface area contributed by atoms with Crippen LogP contribution >= 0.6 is 0 Å². The van der Waals surface area contributed by atoms with Gasteiger partial charge >= 0.3 is 0 Å². The summed E-state index contributed by atoms with van der Waals surface area (Å²) in [5.74, 6) is 1.19. The number of fused-ring (bicyclic) bond motifs is 1. The molecule has 0 spiro atoms. The van der Waals surface area contributed by atoms with E-state index in [9.17, 15) is 9.90 Å². The van der Waals surface area contributed by atoms with E-state index in [0.29, 0.717) is 41.0 Å². The number of rotatable bonds is 4. The van der Waals surface area contributed by atoms with Crippen LogP contribution in [0.5, 0.6) is 0 Å². The molecular weight excluding hydrogens is 378 g/mol. The van der Waals surface area contributed by atoms with E-state index in [4.69, 9.17) is 10.7 Å². The van der Waals surface area contributed by atoms with Crippen LogP contribution in [0.4, 0.5) is 5.82 Å². The first-order chi connectivity index (χ1) is 14.4. The van der Waals surface area contributed by atoms with Crippen LogP contribution in [0.25, 0.3) is 16.8 Å². The topological polar surface area (TPSA) is 106 Å². The van der Waals surface area contributed by atoms with E-state index in [1.54, 1.807) is 28.8 Å². The average Bonchev–Trinajstić information content (AvgIpc) is 3.13. The number of nitrogen functional groups attached to an aromatic ring is 1. The van der Waals surface area contributed by atoms with Gasteiger partial charge in [0, 0.05) is 22.6 Å². The van der Waals surface area contributed by atoms with Crippen LogP contribution in [0, 0.1) is 0 Å². The van der Waals surface area contributed by atoms with Crippen molar-refractivity contribution >= 4 is 17.1 Å². The van der Waals surface area contributed by atoms with E-state index < -0.39 is 5.60 Å². The van der Waals surface area contributed by atoms with Gasteiger partial charge in [-0.3, -0.25) is 4.79 Å². The molecule has 5 rings (SSSR count). The number of hydrogen-bond acceptors (Lipinski definition) is 6. The Labute approximate surface area is 173 Å². The highest BCUT2D eigenvalue weighted by molar-refractivity contribution is 6.09. The smallest absolute Gasteiger partial charge is 0.193 e. The Hall–Kier alpha value is -3.58. The second-order valence-corrected chi connectivity index (χ2v) is 8.10. The molecule has 0 saturated heterocycles.